The fraction of sp³-hybridized carbons (Fsp3) is 0.412. The Morgan fingerprint density at radius 1 is 1.09 bits per heavy atom. The minimum atomic E-state index is -0.267. The van der Waals surface area contributed by atoms with Gasteiger partial charge in [0.05, 0.1) is 5.69 Å². The maximum atomic E-state index is 14.4. The normalized spacial score (nSPS) is 15.9. The van der Waals surface area contributed by atoms with Gasteiger partial charge < -0.3 is 4.90 Å². The Bertz CT molecular complexity index is 654. The van der Waals surface area contributed by atoms with E-state index >= 15 is 0 Å². The molecule has 0 unspecified atom stereocenters. The zero-order valence-electron chi connectivity index (χ0n) is 13.2. The Morgan fingerprint density at radius 2 is 1.78 bits per heavy atom. The van der Waals surface area contributed by atoms with E-state index in [2.05, 4.69) is 55.1 Å². The third kappa shape index (κ3) is 3.87. The SMILES string of the molecule is CCc1ncnc(N2CCN(Cc3ccc(Br)cc3)CC2)c1F. The summed E-state index contributed by atoms with van der Waals surface area (Å²) < 4.78 is 15.4. The lowest BCUT2D eigenvalue weighted by atomic mass is 10.2. The second-order valence-corrected chi connectivity index (χ2v) is 6.62. The summed E-state index contributed by atoms with van der Waals surface area (Å²) in [6, 6.07) is 8.39. The highest BCUT2D eigenvalue weighted by molar-refractivity contribution is 9.10. The first-order chi connectivity index (χ1) is 11.2. The summed E-state index contributed by atoms with van der Waals surface area (Å²) in [4.78, 5) is 12.6. The number of anilines is 1. The van der Waals surface area contributed by atoms with E-state index in [0.717, 1.165) is 37.2 Å². The molecule has 23 heavy (non-hydrogen) atoms. The van der Waals surface area contributed by atoms with E-state index in [1.807, 2.05) is 11.8 Å². The molecule has 1 aromatic heterocycles. The molecule has 0 spiro atoms. The highest BCUT2D eigenvalue weighted by atomic mass is 79.9. The second kappa shape index (κ2) is 7.36. The maximum absolute atomic E-state index is 14.4. The zero-order valence-corrected chi connectivity index (χ0v) is 14.8. The number of hydrogen-bond donors (Lipinski definition) is 0. The first-order valence-corrected chi connectivity index (χ1v) is 8.67. The predicted octanol–water partition coefficient (Wildman–Crippen LogP) is 3.26. The number of piperazine rings is 1. The molecule has 0 bridgehead atoms. The van der Waals surface area contributed by atoms with E-state index in [9.17, 15) is 4.39 Å². The molecule has 0 N–H and O–H groups in total. The van der Waals surface area contributed by atoms with Gasteiger partial charge in [-0.15, -0.1) is 0 Å². The summed E-state index contributed by atoms with van der Waals surface area (Å²) in [5.74, 6) is 0.177. The average molecular weight is 379 g/mol. The van der Waals surface area contributed by atoms with Crippen LogP contribution in [0.5, 0.6) is 0 Å². The van der Waals surface area contributed by atoms with Crippen molar-refractivity contribution in [3.05, 3.63) is 52.1 Å². The number of rotatable bonds is 4. The molecule has 1 aromatic carbocycles. The Balaban J connectivity index is 1.61. The molecule has 0 atom stereocenters. The molecular weight excluding hydrogens is 359 g/mol. The van der Waals surface area contributed by atoms with Crippen LogP contribution in [0.3, 0.4) is 0 Å². The molecule has 1 saturated heterocycles. The van der Waals surface area contributed by atoms with Crippen molar-refractivity contribution in [1.82, 2.24) is 14.9 Å². The number of aryl methyl sites for hydroxylation is 1. The van der Waals surface area contributed by atoms with E-state index in [1.165, 1.54) is 11.9 Å². The van der Waals surface area contributed by atoms with Crippen molar-refractivity contribution in [1.29, 1.82) is 0 Å². The summed E-state index contributed by atoms with van der Waals surface area (Å²) in [6.07, 6.45) is 2.05. The van der Waals surface area contributed by atoms with Crippen LogP contribution in [-0.4, -0.2) is 41.0 Å². The van der Waals surface area contributed by atoms with Gasteiger partial charge in [-0.1, -0.05) is 35.0 Å². The largest absolute Gasteiger partial charge is 0.352 e. The van der Waals surface area contributed by atoms with E-state index < -0.39 is 0 Å². The van der Waals surface area contributed by atoms with Crippen LogP contribution in [-0.2, 0) is 13.0 Å². The fourth-order valence-electron chi connectivity index (χ4n) is 2.83. The standard InChI is InChI=1S/C17H20BrFN4/c1-2-15-16(19)17(21-12-20-15)23-9-7-22(8-10-23)11-13-3-5-14(18)6-4-13/h3-6,12H,2,7-11H2,1H3. The van der Waals surface area contributed by atoms with E-state index in [1.54, 1.807) is 0 Å². The van der Waals surface area contributed by atoms with Gasteiger partial charge in [-0.05, 0) is 24.1 Å². The van der Waals surface area contributed by atoms with Gasteiger partial charge in [0.2, 0.25) is 0 Å². The highest BCUT2D eigenvalue weighted by Gasteiger charge is 2.22. The molecule has 2 aromatic rings. The predicted molar refractivity (Wildman–Crippen MR) is 93.0 cm³/mol. The van der Waals surface area contributed by atoms with Crippen molar-refractivity contribution in [3.63, 3.8) is 0 Å². The number of hydrogen-bond acceptors (Lipinski definition) is 4. The lowest BCUT2D eigenvalue weighted by Gasteiger charge is -2.35. The van der Waals surface area contributed by atoms with Crippen molar-refractivity contribution in [2.45, 2.75) is 19.9 Å². The monoisotopic (exact) mass is 378 g/mol. The molecule has 1 aliphatic heterocycles. The molecule has 1 fully saturated rings. The summed E-state index contributed by atoms with van der Waals surface area (Å²) in [7, 11) is 0. The van der Waals surface area contributed by atoms with Crippen LogP contribution in [0.2, 0.25) is 0 Å². The van der Waals surface area contributed by atoms with Gasteiger partial charge >= 0.3 is 0 Å². The van der Waals surface area contributed by atoms with Gasteiger partial charge in [0, 0.05) is 37.2 Å². The Labute approximate surface area is 144 Å². The Hall–Kier alpha value is -1.53. The van der Waals surface area contributed by atoms with Gasteiger partial charge in [-0.3, -0.25) is 4.90 Å². The Morgan fingerprint density at radius 3 is 2.43 bits per heavy atom. The lowest BCUT2D eigenvalue weighted by Crippen LogP contribution is -2.46. The van der Waals surface area contributed by atoms with Crippen LogP contribution in [0, 0.1) is 5.82 Å². The molecule has 1 aliphatic rings. The molecule has 2 heterocycles. The highest BCUT2D eigenvalue weighted by Crippen LogP contribution is 2.20. The van der Waals surface area contributed by atoms with Crippen LogP contribution in [0.25, 0.3) is 0 Å². The van der Waals surface area contributed by atoms with Gasteiger partial charge in [0.15, 0.2) is 11.6 Å². The van der Waals surface area contributed by atoms with Gasteiger partial charge in [-0.2, -0.15) is 0 Å². The fourth-order valence-corrected chi connectivity index (χ4v) is 3.09. The molecule has 0 amide bonds. The molecule has 0 radical (unpaired) electrons. The number of benzene rings is 1. The average Bonchev–Trinajstić information content (AvgIpc) is 2.58. The summed E-state index contributed by atoms with van der Waals surface area (Å²) in [5.41, 5.74) is 1.79. The van der Waals surface area contributed by atoms with Gasteiger partial charge in [0.25, 0.3) is 0 Å². The molecular formula is C17H20BrFN4. The van der Waals surface area contributed by atoms with Crippen molar-refractivity contribution < 1.29 is 4.39 Å². The van der Waals surface area contributed by atoms with E-state index in [0.29, 0.717) is 17.9 Å². The van der Waals surface area contributed by atoms with Crippen LogP contribution in [0.1, 0.15) is 18.2 Å². The lowest BCUT2D eigenvalue weighted by molar-refractivity contribution is 0.248. The third-order valence-corrected chi connectivity index (χ3v) is 4.70. The van der Waals surface area contributed by atoms with Crippen LogP contribution in [0.15, 0.2) is 35.1 Å². The zero-order chi connectivity index (χ0) is 16.2. The second-order valence-electron chi connectivity index (χ2n) is 5.70. The first-order valence-electron chi connectivity index (χ1n) is 7.88. The van der Waals surface area contributed by atoms with E-state index in [4.69, 9.17) is 0 Å². The Kier molecular flexibility index (Phi) is 5.23. The molecule has 3 rings (SSSR count). The van der Waals surface area contributed by atoms with Crippen LogP contribution >= 0.6 is 15.9 Å². The van der Waals surface area contributed by atoms with Crippen molar-refractivity contribution in [2.75, 3.05) is 31.1 Å². The minimum Gasteiger partial charge on any atom is -0.352 e. The first kappa shape index (κ1) is 16.3. The van der Waals surface area contributed by atoms with Crippen molar-refractivity contribution >= 4 is 21.7 Å². The summed E-state index contributed by atoms with van der Waals surface area (Å²) >= 11 is 3.45. The summed E-state index contributed by atoms with van der Waals surface area (Å²) in [6.45, 7) is 6.21. The molecule has 0 saturated carbocycles. The van der Waals surface area contributed by atoms with Crippen LogP contribution in [0.4, 0.5) is 10.2 Å². The number of nitrogens with zero attached hydrogens (tertiary/aromatic N) is 4. The quantitative estimate of drug-likeness (QED) is 0.817. The molecule has 0 aliphatic carbocycles. The van der Waals surface area contributed by atoms with Crippen LogP contribution < -0.4 is 4.90 Å². The van der Waals surface area contributed by atoms with Crippen molar-refractivity contribution in [3.8, 4) is 0 Å². The smallest absolute Gasteiger partial charge is 0.187 e. The molecule has 6 heteroatoms. The third-order valence-electron chi connectivity index (χ3n) is 4.17. The minimum absolute atomic E-state index is 0.267. The number of halogens is 2. The van der Waals surface area contributed by atoms with Gasteiger partial charge in [-0.25, -0.2) is 14.4 Å². The van der Waals surface area contributed by atoms with E-state index in [-0.39, 0.29) is 5.82 Å². The summed E-state index contributed by atoms with van der Waals surface area (Å²) in [5, 5.41) is 0. The topological polar surface area (TPSA) is 32.3 Å². The molecule has 4 nitrogen and oxygen atoms in total. The molecule has 122 valence electrons. The maximum Gasteiger partial charge on any atom is 0.187 e. The number of aromatic nitrogens is 2. The van der Waals surface area contributed by atoms with Crippen molar-refractivity contribution in [2.24, 2.45) is 0 Å². The van der Waals surface area contributed by atoms with Gasteiger partial charge in [0.1, 0.15) is 6.33 Å².